The van der Waals surface area contributed by atoms with Gasteiger partial charge < -0.3 is 14.3 Å². The predicted molar refractivity (Wildman–Crippen MR) is 200 cm³/mol. The monoisotopic (exact) mass is 613 g/mol. The van der Waals surface area contributed by atoms with Gasteiger partial charge in [-0.25, -0.2) is 4.99 Å². The van der Waals surface area contributed by atoms with Crippen molar-refractivity contribution in [1.82, 2.24) is 4.57 Å². The van der Waals surface area contributed by atoms with Crippen molar-refractivity contribution in [3.63, 3.8) is 0 Å². The molecule has 1 N–H and O–H groups in total. The van der Waals surface area contributed by atoms with E-state index in [1.54, 1.807) is 0 Å². The third-order valence-corrected chi connectivity index (χ3v) is 10.2. The molecule has 4 nitrogen and oxygen atoms in total. The average molecular weight is 614 g/mol. The van der Waals surface area contributed by atoms with Crippen LogP contribution in [-0.2, 0) is 0 Å². The zero-order valence-corrected chi connectivity index (χ0v) is 25.8. The minimum atomic E-state index is -0.458. The number of aromatic nitrogens is 1. The maximum Gasteiger partial charge on any atom is 0.206 e. The molecular weight excluding hydrogens is 587 g/mol. The summed E-state index contributed by atoms with van der Waals surface area (Å²) in [5.74, 6) is 0.736. The predicted octanol–water partition coefficient (Wildman–Crippen LogP) is 11.6. The molecule has 1 atom stereocenters. The number of benzene rings is 8. The molecule has 0 bridgehead atoms. The molecule has 48 heavy (non-hydrogen) atoms. The first-order valence-electron chi connectivity index (χ1n) is 16.4. The van der Waals surface area contributed by atoms with Crippen LogP contribution in [0.2, 0.25) is 0 Å². The van der Waals surface area contributed by atoms with Crippen LogP contribution in [0.25, 0.3) is 75.9 Å². The van der Waals surface area contributed by atoms with Crippen LogP contribution in [0.5, 0.6) is 0 Å². The van der Waals surface area contributed by atoms with Crippen molar-refractivity contribution in [2.45, 2.75) is 6.29 Å². The highest BCUT2D eigenvalue weighted by molar-refractivity contribution is 6.29. The summed E-state index contributed by atoms with van der Waals surface area (Å²) >= 11 is 0. The Labute approximate surface area is 275 Å². The van der Waals surface area contributed by atoms with Crippen molar-refractivity contribution in [1.29, 1.82) is 0 Å². The lowest BCUT2D eigenvalue weighted by Crippen LogP contribution is -2.24. The molecule has 4 heteroatoms. The molecule has 224 valence electrons. The number of para-hydroxylation sites is 1. The Balaban J connectivity index is 1.27. The highest BCUT2D eigenvalue weighted by Gasteiger charge is 2.31. The average Bonchev–Trinajstić information content (AvgIpc) is 3.68. The quantitative estimate of drug-likeness (QED) is 0.197. The Morgan fingerprint density at radius 1 is 0.500 bits per heavy atom. The lowest BCUT2D eigenvalue weighted by molar-refractivity contribution is 0.561. The smallest absolute Gasteiger partial charge is 0.206 e. The fourth-order valence-corrected chi connectivity index (χ4v) is 8.06. The van der Waals surface area contributed by atoms with Crippen molar-refractivity contribution in [2.24, 2.45) is 4.99 Å². The second kappa shape index (κ2) is 9.57. The highest BCUT2D eigenvalue weighted by atomic mass is 16.4. The summed E-state index contributed by atoms with van der Waals surface area (Å²) in [6.07, 6.45) is -0.458. The van der Waals surface area contributed by atoms with E-state index in [4.69, 9.17) is 9.41 Å². The molecular formula is C44H27N3O. The molecule has 0 saturated carbocycles. The van der Waals surface area contributed by atoms with Crippen LogP contribution in [0.15, 0.2) is 161 Å². The van der Waals surface area contributed by atoms with Crippen molar-refractivity contribution in [3.05, 3.63) is 163 Å². The summed E-state index contributed by atoms with van der Waals surface area (Å²) in [6, 6.07) is 54.3. The zero-order valence-electron chi connectivity index (χ0n) is 25.8. The van der Waals surface area contributed by atoms with Crippen LogP contribution in [-0.4, -0.2) is 10.3 Å². The summed E-state index contributed by atoms with van der Waals surface area (Å²) < 4.78 is 8.99. The normalized spacial score (nSPS) is 14.8. The molecule has 11 rings (SSSR count). The molecule has 10 aromatic rings. The maximum atomic E-state index is 6.63. The SMILES string of the molecule is c1ccc2cc3c(cc2c1)c1c2ccccc2ccc1n3C1N=C(c2cc3ccccc3c3ccccc23)c2c(oc3ccccc23)N1. The summed E-state index contributed by atoms with van der Waals surface area (Å²) in [6.45, 7) is 0. The van der Waals surface area contributed by atoms with Gasteiger partial charge in [-0.2, -0.15) is 0 Å². The van der Waals surface area contributed by atoms with Crippen LogP contribution in [0.4, 0.5) is 5.88 Å². The first-order chi connectivity index (χ1) is 23.8. The molecule has 1 unspecified atom stereocenters. The van der Waals surface area contributed by atoms with Gasteiger partial charge in [0.2, 0.25) is 12.2 Å². The molecule has 0 amide bonds. The van der Waals surface area contributed by atoms with Crippen molar-refractivity contribution >= 4 is 87.5 Å². The summed E-state index contributed by atoms with van der Waals surface area (Å²) in [5, 5.41) is 17.0. The third kappa shape index (κ3) is 3.52. The lowest BCUT2D eigenvalue weighted by atomic mass is 9.91. The van der Waals surface area contributed by atoms with Gasteiger partial charge in [-0.15, -0.1) is 0 Å². The van der Waals surface area contributed by atoms with Crippen LogP contribution >= 0.6 is 0 Å². The van der Waals surface area contributed by atoms with Gasteiger partial charge in [0.1, 0.15) is 5.58 Å². The Morgan fingerprint density at radius 3 is 1.98 bits per heavy atom. The molecule has 3 heterocycles. The standard InChI is InChI=1S/C44H27N3O/c1-2-13-28-25-38-36(23-27(28)12-1)40-31-16-6-3-11-26(31)21-22-37(40)47(38)44-45-42(41-34-19-9-10-20-39(34)48-43(41)46-44)35-24-29-14-4-5-15-30(29)32-17-7-8-18-33(32)35/h1-25,44,46H. The van der Waals surface area contributed by atoms with E-state index >= 15 is 0 Å². The van der Waals surface area contributed by atoms with Crippen LogP contribution in [0.3, 0.4) is 0 Å². The van der Waals surface area contributed by atoms with Crippen molar-refractivity contribution in [3.8, 4) is 0 Å². The molecule has 1 aliphatic heterocycles. The summed E-state index contributed by atoms with van der Waals surface area (Å²) in [7, 11) is 0. The first kappa shape index (κ1) is 25.8. The van der Waals surface area contributed by atoms with Gasteiger partial charge in [0.05, 0.1) is 22.3 Å². The molecule has 1 aliphatic rings. The van der Waals surface area contributed by atoms with Gasteiger partial charge in [0.25, 0.3) is 0 Å². The number of hydrogen-bond acceptors (Lipinski definition) is 3. The van der Waals surface area contributed by atoms with E-state index < -0.39 is 6.29 Å². The number of rotatable bonds is 2. The molecule has 0 fully saturated rings. The molecule has 2 aromatic heterocycles. The summed E-state index contributed by atoms with van der Waals surface area (Å²) in [4.78, 5) is 5.68. The second-order valence-corrected chi connectivity index (χ2v) is 12.8. The zero-order chi connectivity index (χ0) is 31.3. The Hall–Kier alpha value is -6.39. The van der Waals surface area contributed by atoms with Gasteiger partial charge in [0, 0.05) is 21.7 Å². The van der Waals surface area contributed by atoms with Crippen molar-refractivity contribution in [2.75, 3.05) is 5.32 Å². The number of anilines is 1. The van der Waals surface area contributed by atoms with Gasteiger partial charge >= 0.3 is 0 Å². The Kier molecular flexibility index (Phi) is 5.13. The minimum absolute atomic E-state index is 0.458. The van der Waals surface area contributed by atoms with Gasteiger partial charge in [-0.3, -0.25) is 0 Å². The fraction of sp³-hybridized carbons (Fsp3) is 0.0227. The van der Waals surface area contributed by atoms with Gasteiger partial charge in [-0.05, 0) is 73.4 Å². The molecule has 8 aromatic carbocycles. The number of aliphatic imine (C=N–C) groups is 1. The number of nitrogens with one attached hydrogen (secondary N) is 1. The van der Waals surface area contributed by atoms with Gasteiger partial charge in [-0.1, -0.05) is 121 Å². The van der Waals surface area contributed by atoms with E-state index in [9.17, 15) is 0 Å². The van der Waals surface area contributed by atoms with Crippen LogP contribution in [0, 0.1) is 0 Å². The number of nitrogens with zero attached hydrogens (tertiary/aromatic N) is 2. The third-order valence-electron chi connectivity index (χ3n) is 10.2. The van der Waals surface area contributed by atoms with E-state index in [2.05, 4.69) is 149 Å². The molecule has 0 aliphatic carbocycles. The maximum absolute atomic E-state index is 6.63. The largest absolute Gasteiger partial charge is 0.440 e. The van der Waals surface area contributed by atoms with E-state index in [1.807, 2.05) is 12.1 Å². The first-order valence-corrected chi connectivity index (χ1v) is 16.4. The lowest BCUT2D eigenvalue weighted by Gasteiger charge is -2.26. The fourth-order valence-electron chi connectivity index (χ4n) is 8.06. The van der Waals surface area contributed by atoms with Crippen molar-refractivity contribution < 1.29 is 4.42 Å². The van der Waals surface area contributed by atoms with Crippen LogP contribution in [0.1, 0.15) is 17.4 Å². The molecule has 0 spiro atoms. The Morgan fingerprint density at radius 2 is 1.15 bits per heavy atom. The highest BCUT2D eigenvalue weighted by Crippen LogP contribution is 2.44. The molecule has 0 saturated heterocycles. The van der Waals surface area contributed by atoms with E-state index in [0.29, 0.717) is 0 Å². The number of furan rings is 1. The number of fused-ring (bicyclic) bond motifs is 12. The van der Waals surface area contributed by atoms with E-state index in [-0.39, 0.29) is 0 Å². The van der Waals surface area contributed by atoms with E-state index in [1.165, 1.54) is 53.9 Å². The van der Waals surface area contributed by atoms with E-state index in [0.717, 1.165) is 44.7 Å². The number of hydrogen-bond donors (Lipinski definition) is 1. The minimum Gasteiger partial charge on any atom is -0.440 e. The second-order valence-electron chi connectivity index (χ2n) is 12.8. The Bertz CT molecular complexity index is 3000. The topological polar surface area (TPSA) is 42.5 Å². The summed E-state index contributed by atoms with van der Waals surface area (Å²) in [5.41, 5.74) is 6.12. The van der Waals surface area contributed by atoms with Gasteiger partial charge in [0.15, 0.2) is 0 Å². The molecule has 0 radical (unpaired) electrons. The van der Waals surface area contributed by atoms with Crippen LogP contribution < -0.4 is 5.32 Å².